The summed E-state index contributed by atoms with van der Waals surface area (Å²) in [4.78, 5) is 25.4. The summed E-state index contributed by atoms with van der Waals surface area (Å²) in [6.07, 6.45) is -4.77. The van der Waals surface area contributed by atoms with E-state index in [0.717, 1.165) is 30.1 Å². The van der Waals surface area contributed by atoms with Crippen molar-refractivity contribution in [3.05, 3.63) is 47.3 Å². The van der Waals surface area contributed by atoms with Gasteiger partial charge in [-0.3, -0.25) is 9.59 Å². The molecule has 2 N–H and O–H groups in total. The zero-order chi connectivity index (χ0) is 21.8. The van der Waals surface area contributed by atoms with Crippen molar-refractivity contribution in [1.29, 1.82) is 0 Å². The molecule has 0 saturated heterocycles. The van der Waals surface area contributed by atoms with Crippen LogP contribution in [0.1, 0.15) is 28.7 Å². The van der Waals surface area contributed by atoms with Crippen LogP contribution in [0.4, 0.5) is 18.9 Å². The second-order valence-corrected chi connectivity index (χ2v) is 6.88. The summed E-state index contributed by atoms with van der Waals surface area (Å²) >= 11 is 0. The van der Waals surface area contributed by atoms with E-state index in [4.69, 9.17) is 0 Å². The lowest BCUT2D eigenvalue weighted by Crippen LogP contribution is -3.11. The Balaban J connectivity index is 1.90. The summed E-state index contributed by atoms with van der Waals surface area (Å²) < 4.78 is 42.3. The maximum absolute atomic E-state index is 12.6. The van der Waals surface area contributed by atoms with Crippen molar-refractivity contribution < 1.29 is 32.4 Å². The minimum absolute atomic E-state index is 0.0407. The maximum Gasteiger partial charge on any atom is 0.573 e. The third kappa shape index (κ3) is 6.35. The second kappa shape index (κ2) is 9.13. The molecule has 0 aliphatic heterocycles. The summed E-state index contributed by atoms with van der Waals surface area (Å²) in [5, 5.41) is 2.60. The van der Waals surface area contributed by atoms with Gasteiger partial charge in [-0.25, -0.2) is 0 Å². The number of amides is 1. The lowest BCUT2D eigenvalue weighted by Gasteiger charge is -2.14. The van der Waals surface area contributed by atoms with E-state index in [1.807, 2.05) is 26.8 Å². The number of halogens is 3. The van der Waals surface area contributed by atoms with E-state index in [1.54, 1.807) is 7.05 Å². The van der Waals surface area contributed by atoms with Crippen LogP contribution in [0.2, 0.25) is 0 Å². The number of aryl methyl sites for hydroxylation is 1. The van der Waals surface area contributed by atoms with Crippen molar-refractivity contribution in [2.45, 2.75) is 33.7 Å². The molecule has 0 radical (unpaired) electrons. The number of carbonyl (C=O) groups excluding carboxylic acids is 2. The van der Waals surface area contributed by atoms with Crippen LogP contribution in [0.15, 0.2) is 30.3 Å². The Morgan fingerprint density at radius 3 is 2.28 bits per heavy atom. The number of anilines is 1. The van der Waals surface area contributed by atoms with Crippen LogP contribution in [-0.4, -0.2) is 42.8 Å². The van der Waals surface area contributed by atoms with E-state index in [-0.39, 0.29) is 30.5 Å². The van der Waals surface area contributed by atoms with Gasteiger partial charge in [-0.05, 0) is 51.1 Å². The lowest BCUT2D eigenvalue weighted by atomic mass is 10.1. The Kier molecular flexibility index (Phi) is 7.07. The molecule has 2 aromatic rings. The Morgan fingerprint density at radius 2 is 1.76 bits per heavy atom. The molecule has 0 fully saturated rings. The molecule has 0 saturated carbocycles. The highest BCUT2D eigenvalue weighted by molar-refractivity contribution is 5.98. The van der Waals surface area contributed by atoms with E-state index in [9.17, 15) is 22.8 Å². The van der Waals surface area contributed by atoms with E-state index >= 15 is 0 Å². The number of Topliss-reactive ketones (excluding diaryl/α,β-unsaturated/α-hetero) is 1. The molecule has 0 bridgehead atoms. The number of ether oxygens (including phenoxy) is 1. The van der Waals surface area contributed by atoms with Crippen molar-refractivity contribution in [1.82, 2.24) is 4.57 Å². The van der Waals surface area contributed by atoms with Gasteiger partial charge in [0.1, 0.15) is 12.3 Å². The normalized spacial score (nSPS) is 12.5. The first-order valence-corrected chi connectivity index (χ1v) is 9.17. The van der Waals surface area contributed by atoms with Gasteiger partial charge in [0.15, 0.2) is 6.54 Å². The molecule has 1 aromatic heterocycles. The van der Waals surface area contributed by atoms with Gasteiger partial charge in [-0.15, -0.1) is 13.2 Å². The highest BCUT2D eigenvalue weighted by atomic mass is 19.4. The lowest BCUT2D eigenvalue weighted by molar-refractivity contribution is -0.861. The monoisotopic (exact) mass is 412 g/mol. The molecule has 0 aliphatic rings. The van der Waals surface area contributed by atoms with Crippen LogP contribution in [0, 0.1) is 13.8 Å². The second-order valence-electron chi connectivity index (χ2n) is 6.88. The minimum Gasteiger partial charge on any atom is -0.406 e. The number of hydrogen-bond acceptors (Lipinski definition) is 3. The molecule has 29 heavy (non-hydrogen) atoms. The van der Waals surface area contributed by atoms with Gasteiger partial charge in [0.25, 0.3) is 5.91 Å². The SMILES string of the molecule is CCn1c(C)cc(C(=O)C[NH+](C)CC(=O)Nc2ccc(OC(F)(F)F)cc2)c1C. The molecular formula is C20H25F3N3O3+. The number of hydrogen-bond donors (Lipinski definition) is 2. The van der Waals surface area contributed by atoms with Gasteiger partial charge in [0.2, 0.25) is 5.78 Å². The van der Waals surface area contributed by atoms with Crippen LogP contribution in [0.5, 0.6) is 5.75 Å². The fourth-order valence-electron chi connectivity index (χ4n) is 3.22. The van der Waals surface area contributed by atoms with Crippen molar-refractivity contribution in [2.24, 2.45) is 0 Å². The first kappa shape index (κ1) is 22.5. The van der Waals surface area contributed by atoms with Gasteiger partial charge >= 0.3 is 6.36 Å². The molecule has 0 aliphatic carbocycles. The summed E-state index contributed by atoms with van der Waals surface area (Å²) in [5.74, 6) is -0.760. The molecule has 9 heteroatoms. The van der Waals surface area contributed by atoms with Crippen LogP contribution < -0.4 is 15.0 Å². The molecule has 1 amide bonds. The van der Waals surface area contributed by atoms with E-state index in [0.29, 0.717) is 16.2 Å². The van der Waals surface area contributed by atoms with Gasteiger partial charge in [0.05, 0.1) is 7.05 Å². The zero-order valence-electron chi connectivity index (χ0n) is 16.8. The summed E-state index contributed by atoms with van der Waals surface area (Å²) in [6, 6.07) is 6.73. The molecule has 2 rings (SSSR count). The number of carbonyl (C=O) groups is 2. The predicted molar refractivity (Wildman–Crippen MR) is 102 cm³/mol. The highest BCUT2D eigenvalue weighted by Gasteiger charge is 2.31. The quantitative estimate of drug-likeness (QED) is 0.655. The molecule has 1 aromatic carbocycles. The number of aromatic nitrogens is 1. The molecule has 1 unspecified atom stereocenters. The molecule has 1 atom stereocenters. The van der Waals surface area contributed by atoms with E-state index < -0.39 is 6.36 Å². The highest BCUT2D eigenvalue weighted by Crippen LogP contribution is 2.23. The number of rotatable bonds is 8. The third-order valence-electron chi connectivity index (χ3n) is 4.49. The molecule has 158 valence electrons. The van der Waals surface area contributed by atoms with E-state index in [1.165, 1.54) is 12.1 Å². The number of alkyl halides is 3. The van der Waals surface area contributed by atoms with Crippen molar-refractivity contribution in [3.8, 4) is 5.75 Å². The number of benzene rings is 1. The average Bonchev–Trinajstić information content (AvgIpc) is 2.89. The predicted octanol–water partition coefficient (Wildman–Crippen LogP) is 2.36. The first-order valence-electron chi connectivity index (χ1n) is 9.17. The van der Waals surface area contributed by atoms with Gasteiger partial charge in [0, 0.05) is 29.2 Å². The van der Waals surface area contributed by atoms with Crippen LogP contribution in [-0.2, 0) is 11.3 Å². The first-order chi connectivity index (χ1) is 13.5. The van der Waals surface area contributed by atoms with Crippen molar-refractivity contribution >= 4 is 17.4 Å². The minimum atomic E-state index is -4.77. The average molecular weight is 412 g/mol. The molecule has 1 heterocycles. The Hall–Kier alpha value is -2.81. The van der Waals surface area contributed by atoms with Crippen LogP contribution in [0.25, 0.3) is 0 Å². The number of nitrogens with one attached hydrogen (secondary N) is 2. The zero-order valence-corrected chi connectivity index (χ0v) is 16.8. The topological polar surface area (TPSA) is 64.8 Å². The number of quaternary nitrogens is 1. The van der Waals surface area contributed by atoms with Gasteiger partial charge in [-0.1, -0.05) is 0 Å². The standard InChI is InChI=1S/C20H24F3N3O3/c1-5-26-13(2)10-17(14(26)3)18(27)11-25(4)12-19(28)24-15-6-8-16(9-7-15)29-20(21,22)23/h6-10H,5,11-12H2,1-4H3,(H,24,28)/p+1. The molecule has 0 spiro atoms. The number of ketones is 1. The van der Waals surface area contributed by atoms with Crippen molar-refractivity contribution in [2.75, 3.05) is 25.5 Å². The van der Waals surface area contributed by atoms with Crippen LogP contribution in [0.3, 0.4) is 0 Å². The van der Waals surface area contributed by atoms with Gasteiger partial charge in [-0.2, -0.15) is 0 Å². The smallest absolute Gasteiger partial charge is 0.406 e. The van der Waals surface area contributed by atoms with Gasteiger partial charge < -0.3 is 19.5 Å². The molecular weight excluding hydrogens is 387 g/mol. The summed E-state index contributed by atoms with van der Waals surface area (Å²) in [7, 11) is 1.73. The number of likely N-dealkylation sites (N-methyl/N-ethyl adjacent to an activating group) is 1. The van der Waals surface area contributed by atoms with Crippen LogP contribution >= 0.6 is 0 Å². The number of nitrogens with zero attached hydrogens (tertiary/aromatic N) is 1. The fourth-order valence-corrected chi connectivity index (χ4v) is 3.22. The maximum atomic E-state index is 12.6. The Bertz CT molecular complexity index is 874. The summed E-state index contributed by atoms with van der Waals surface area (Å²) in [5.41, 5.74) is 2.93. The van der Waals surface area contributed by atoms with E-state index in [2.05, 4.69) is 14.6 Å². The fraction of sp³-hybridized carbons (Fsp3) is 0.400. The summed E-state index contributed by atoms with van der Waals surface area (Å²) in [6.45, 7) is 6.83. The third-order valence-corrected chi connectivity index (χ3v) is 4.49. The molecule has 6 nitrogen and oxygen atoms in total. The largest absolute Gasteiger partial charge is 0.573 e. The Labute approximate surface area is 167 Å². The Morgan fingerprint density at radius 1 is 1.14 bits per heavy atom. The van der Waals surface area contributed by atoms with Crippen molar-refractivity contribution in [3.63, 3.8) is 0 Å².